The van der Waals surface area contributed by atoms with Gasteiger partial charge in [-0.25, -0.2) is 0 Å². The number of nitrogens with one attached hydrogen (secondary N) is 1. The van der Waals surface area contributed by atoms with Gasteiger partial charge in [0.25, 0.3) is 0 Å². The van der Waals surface area contributed by atoms with Crippen LogP contribution < -0.4 is 5.32 Å². The molecule has 1 heterocycles. The molecule has 1 saturated carbocycles. The molecule has 0 bridgehead atoms. The van der Waals surface area contributed by atoms with Gasteiger partial charge in [-0.1, -0.05) is 27.7 Å². The van der Waals surface area contributed by atoms with Crippen LogP contribution in [0.1, 0.15) is 53.4 Å². The van der Waals surface area contributed by atoms with E-state index in [-0.39, 0.29) is 0 Å². The Morgan fingerprint density at radius 2 is 1.72 bits per heavy atom. The quantitative estimate of drug-likeness (QED) is 0.830. The lowest BCUT2D eigenvalue weighted by Gasteiger charge is -2.45. The summed E-state index contributed by atoms with van der Waals surface area (Å²) in [5.74, 6) is 2.67. The van der Waals surface area contributed by atoms with Crippen LogP contribution in [0.3, 0.4) is 0 Å². The zero-order valence-electron chi connectivity index (χ0n) is 12.8. The molecule has 2 heteroatoms. The zero-order valence-corrected chi connectivity index (χ0v) is 12.8. The topological polar surface area (TPSA) is 15.3 Å². The average molecular weight is 252 g/mol. The molecule has 0 amide bonds. The highest BCUT2D eigenvalue weighted by Crippen LogP contribution is 2.33. The van der Waals surface area contributed by atoms with E-state index in [4.69, 9.17) is 0 Å². The third-order valence-corrected chi connectivity index (χ3v) is 5.07. The van der Waals surface area contributed by atoms with Gasteiger partial charge in [-0.15, -0.1) is 0 Å². The molecule has 18 heavy (non-hydrogen) atoms. The summed E-state index contributed by atoms with van der Waals surface area (Å²) in [7, 11) is 0. The van der Waals surface area contributed by atoms with Crippen molar-refractivity contribution in [1.82, 2.24) is 10.2 Å². The summed E-state index contributed by atoms with van der Waals surface area (Å²) in [6.45, 7) is 13.3. The lowest BCUT2D eigenvalue weighted by atomic mass is 9.78. The van der Waals surface area contributed by atoms with Crippen molar-refractivity contribution in [3.63, 3.8) is 0 Å². The van der Waals surface area contributed by atoms with Crippen LogP contribution >= 0.6 is 0 Å². The summed E-state index contributed by atoms with van der Waals surface area (Å²) in [5.41, 5.74) is 0. The van der Waals surface area contributed by atoms with E-state index >= 15 is 0 Å². The second kappa shape index (κ2) is 6.38. The number of hydrogen-bond acceptors (Lipinski definition) is 2. The molecule has 4 atom stereocenters. The average Bonchev–Trinajstić information content (AvgIpc) is 2.30. The highest BCUT2D eigenvalue weighted by Gasteiger charge is 2.33. The van der Waals surface area contributed by atoms with Crippen molar-refractivity contribution in [3.8, 4) is 0 Å². The molecule has 0 aromatic carbocycles. The Bertz CT molecular complexity index is 243. The van der Waals surface area contributed by atoms with Crippen LogP contribution in [0.4, 0.5) is 0 Å². The van der Waals surface area contributed by atoms with Crippen molar-refractivity contribution in [2.24, 2.45) is 17.8 Å². The van der Waals surface area contributed by atoms with Crippen molar-refractivity contribution in [2.45, 2.75) is 65.5 Å². The van der Waals surface area contributed by atoms with E-state index in [1.54, 1.807) is 0 Å². The first kappa shape index (κ1) is 14.3. The normalized spacial score (nSPS) is 43.0. The fourth-order valence-corrected chi connectivity index (χ4v) is 4.28. The predicted octanol–water partition coefficient (Wildman–Crippen LogP) is 3.13. The highest BCUT2D eigenvalue weighted by atomic mass is 15.2. The number of hydrogen-bond donors (Lipinski definition) is 1. The molecule has 1 aliphatic carbocycles. The molecule has 0 spiro atoms. The monoisotopic (exact) mass is 252 g/mol. The molecule has 0 aromatic heterocycles. The minimum atomic E-state index is 0.754. The maximum absolute atomic E-state index is 3.65. The Hall–Kier alpha value is -0.0800. The van der Waals surface area contributed by atoms with Crippen LogP contribution in [-0.2, 0) is 0 Å². The molecule has 2 rings (SSSR count). The Kier molecular flexibility index (Phi) is 5.08. The third kappa shape index (κ3) is 3.48. The molecule has 2 aliphatic rings. The molecule has 0 radical (unpaired) electrons. The molecule has 4 unspecified atom stereocenters. The first-order valence-corrected chi connectivity index (χ1v) is 8.07. The summed E-state index contributed by atoms with van der Waals surface area (Å²) in [4.78, 5) is 2.80. The number of piperidine rings is 1. The smallest absolute Gasteiger partial charge is 0.0117 e. The van der Waals surface area contributed by atoms with E-state index in [9.17, 15) is 0 Å². The zero-order chi connectivity index (χ0) is 13.1. The summed E-state index contributed by atoms with van der Waals surface area (Å²) >= 11 is 0. The molecular weight excluding hydrogens is 220 g/mol. The Balaban J connectivity index is 1.87. The number of likely N-dealkylation sites (tertiary alicyclic amines) is 1. The summed E-state index contributed by atoms with van der Waals surface area (Å²) in [6, 6.07) is 1.62. The summed E-state index contributed by atoms with van der Waals surface area (Å²) in [5, 5.41) is 3.65. The second-order valence-corrected chi connectivity index (χ2v) is 7.00. The van der Waals surface area contributed by atoms with Crippen LogP contribution in [0.5, 0.6) is 0 Å². The van der Waals surface area contributed by atoms with Crippen LogP contribution in [0.25, 0.3) is 0 Å². The Morgan fingerprint density at radius 1 is 1.06 bits per heavy atom. The van der Waals surface area contributed by atoms with E-state index in [0.717, 1.165) is 36.4 Å². The summed E-state index contributed by atoms with van der Waals surface area (Å²) in [6.07, 6.45) is 5.65. The number of rotatable bonds is 3. The van der Waals surface area contributed by atoms with Crippen LogP contribution in [0, 0.1) is 17.8 Å². The Labute approximate surface area is 114 Å². The second-order valence-electron chi connectivity index (χ2n) is 7.00. The lowest BCUT2D eigenvalue weighted by Crippen LogP contribution is -2.52. The molecule has 2 nitrogen and oxygen atoms in total. The van der Waals surface area contributed by atoms with Gasteiger partial charge in [-0.05, 0) is 56.5 Å². The van der Waals surface area contributed by atoms with E-state index in [2.05, 4.69) is 37.9 Å². The lowest BCUT2D eigenvalue weighted by molar-refractivity contribution is 0.0588. The van der Waals surface area contributed by atoms with Gasteiger partial charge in [-0.3, -0.25) is 4.90 Å². The maximum Gasteiger partial charge on any atom is 0.0117 e. The highest BCUT2D eigenvalue weighted by molar-refractivity contribution is 4.88. The molecule has 106 valence electrons. The first-order chi connectivity index (χ1) is 8.60. The van der Waals surface area contributed by atoms with Gasteiger partial charge in [-0.2, -0.15) is 0 Å². The van der Waals surface area contributed by atoms with Gasteiger partial charge < -0.3 is 5.32 Å². The maximum atomic E-state index is 3.65. The van der Waals surface area contributed by atoms with Crippen molar-refractivity contribution in [3.05, 3.63) is 0 Å². The molecule has 0 aromatic rings. The van der Waals surface area contributed by atoms with E-state index in [1.807, 2.05) is 0 Å². The fourth-order valence-electron chi connectivity index (χ4n) is 4.28. The minimum absolute atomic E-state index is 0.754. The van der Waals surface area contributed by atoms with Gasteiger partial charge in [0.1, 0.15) is 0 Å². The SMILES string of the molecule is CCNC1CCN(C2CC(C)CC(C)C2)CC1C. The van der Waals surface area contributed by atoms with Gasteiger partial charge in [0, 0.05) is 18.6 Å². The van der Waals surface area contributed by atoms with Crippen molar-refractivity contribution in [1.29, 1.82) is 0 Å². The van der Waals surface area contributed by atoms with Crippen LogP contribution in [0.2, 0.25) is 0 Å². The first-order valence-electron chi connectivity index (χ1n) is 8.07. The van der Waals surface area contributed by atoms with Crippen LogP contribution in [-0.4, -0.2) is 36.6 Å². The van der Waals surface area contributed by atoms with Gasteiger partial charge in [0.2, 0.25) is 0 Å². The largest absolute Gasteiger partial charge is 0.314 e. The van der Waals surface area contributed by atoms with E-state index < -0.39 is 0 Å². The molecular formula is C16H32N2. The number of nitrogens with zero attached hydrogens (tertiary/aromatic N) is 1. The van der Waals surface area contributed by atoms with E-state index in [0.29, 0.717) is 0 Å². The molecule has 2 fully saturated rings. The van der Waals surface area contributed by atoms with Gasteiger partial charge in [0.15, 0.2) is 0 Å². The standard InChI is InChI=1S/C16H32N2/c1-5-17-16-6-7-18(11-14(16)4)15-9-12(2)8-13(3)10-15/h12-17H,5-11H2,1-4H3. The van der Waals surface area contributed by atoms with Crippen molar-refractivity contribution >= 4 is 0 Å². The predicted molar refractivity (Wildman–Crippen MR) is 78.8 cm³/mol. The van der Waals surface area contributed by atoms with Crippen molar-refractivity contribution in [2.75, 3.05) is 19.6 Å². The third-order valence-electron chi connectivity index (χ3n) is 5.07. The molecule has 1 N–H and O–H groups in total. The van der Waals surface area contributed by atoms with Crippen molar-refractivity contribution < 1.29 is 0 Å². The fraction of sp³-hybridized carbons (Fsp3) is 1.00. The van der Waals surface area contributed by atoms with Crippen LogP contribution in [0.15, 0.2) is 0 Å². The van der Waals surface area contributed by atoms with Gasteiger partial charge in [0.05, 0.1) is 0 Å². The van der Waals surface area contributed by atoms with E-state index in [1.165, 1.54) is 38.8 Å². The molecule has 1 saturated heterocycles. The summed E-state index contributed by atoms with van der Waals surface area (Å²) < 4.78 is 0. The molecule has 1 aliphatic heterocycles. The van der Waals surface area contributed by atoms with Gasteiger partial charge >= 0.3 is 0 Å². The Morgan fingerprint density at radius 3 is 2.28 bits per heavy atom. The minimum Gasteiger partial charge on any atom is -0.314 e.